The summed E-state index contributed by atoms with van der Waals surface area (Å²) in [5.74, 6) is 0.151. The normalized spacial score (nSPS) is 12.2. The number of anilines is 2. The summed E-state index contributed by atoms with van der Waals surface area (Å²) in [4.78, 5) is 10.6. The van der Waals surface area contributed by atoms with Gasteiger partial charge in [-0.05, 0) is 110 Å². The molecule has 0 saturated heterocycles. The van der Waals surface area contributed by atoms with Crippen molar-refractivity contribution in [3.63, 3.8) is 0 Å². The minimum atomic E-state index is -0.350. The number of carbonyl (C=O) groups is 1. The van der Waals surface area contributed by atoms with E-state index in [1.807, 2.05) is 19.1 Å². The number of nitrogens with one attached hydrogen (secondary N) is 1. The van der Waals surface area contributed by atoms with E-state index in [0.717, 1.165) is 24.1 Å². The van der Waals surface area contributed by atoms with Crippen LogP contribution in [0.4, 0.5) is 11.4 Å². The molecule has 0 unspecified atom stereocenters. The number of amides is 1. The zero-order valence-electron chi connectivity index (χ0n) is 20.2. The number of aryl methyl sites for hydroxylation is 4. The van der Waals surface area contributed by atoms with Gasteiger partial charge in [-0.25, -0.2) is 0 Å². The molecule has 0 radical (unpaired) electrons. The number of primary amides is 1. The Morgan fingerprint density at radius 2 is 1.56 bits per heavy atom. The van der Waals surface area contributed by atoms with Gasteiger partial charge in [0.15, 0.2) is 0 Å². The lowest BCUT2D eigenvalue weighted by molar-refractivity contribution is -0.117. The van der Waals surface area contributed by atoms with Crippen molar-refractivity contribution in [2.45, 2.75) is 52.9 Å². The Balaban J connectivity index is 0.000000204. The molecule has 6 heteroatoms. The van der Waals surface area contributed by atoms with Crippen molar-refractivity contribution in [1.29, 1.82) is 0 Å². The Morgan fingerprint density at radius 3 is 2.18 bits per heavy atom. The summed E-state index contributed by atoms with van der Waals surface area (Å²) in [7, 11) is 0. The second-order valence-corrected chi connectivity index (χ2v) is 9.05. The summed E-state index contributed by atoms with van der Waals surface area (Å²) in [6.45, 7) is 7.07. The van der Waals surface area contributed by atoms with Crippen LogP contribution in [0.3, 0.4) is 0 Å². The molecule has 34 heavy (non-hydrogen) atoms. The van der Waals surface area contributed by atoms with E-state index in [0.29, 0.717) is 17.9 Å². The van der Waals surface area contributed by atoms with E-state index in [-0.39, 0.29) is 18.1 Å². The fourth-order valence-corrected chi connectivity index (χ4v) is 4.51. The Bertz CT molecular complexity index is 1140. The fraction of sp³-hybridized carbons (Fsp3) is 0.321. The lowest BCUT2D eigenvalue weighted by Crippen LogP contribution is -2.12. The summed E-state index contributed by atoms with van der Waals surface area (Å²) in [5.41, 5.74) is 20.7. The molecular formula is C28H35N3O3. The lowest BCUT2D eigenvalue weighted by Gasteiger charge is -2.19. The number of carbonyl (C=O) groups excluding carboxylic acids is 1. The number of benzene rings is 3. The van der Waals surface area contributed by atoms with Gasteiger partial charge < -0.3 is 27.0 Å². The maximum absolute atomic E-state index is 10.6. The minimum absolute atomic E-state index is 0.142. The molecule has 0 aliphatic carbocycles. The molecule has 1 amide bonds. The number of nitrogens with two attached hydrogens (primary N) is 2. The van der Waals surface area contributed by atoms with Crippen LogP contribution in [-0.4, -0.2) is 22.7 Å². The van der Waals surface area contributed by atoms with Gasteiger partial charge in [-0.2, -0.15) is 0 Å². The Hall–Kier alpha value is -3.67. The first-order valence-corrected chi connectivity index (χ1v) is 11.6. The van der Waals surface area contributed by atoms with E-state index in [2.05, 4.69) is 37.4 Å². The number of nitrogen functional groups attached to an aromatic ring is 1. The van der Waals surface area contributed by atoms with E-state index >= 15 is 0 Å². The number of hydrogen-bond acceptors (Lipinski definition) is 5. The molecule has 180 valence electrons. The maximum Gasteiger partial charge on any atom is 0.217 e. The highest BCUT2D eigenvalue weighted by molar-refractivity contribution is 5.74. The standard InChI is InChI=1S/C18H21NO.C10H14N2O2/c1-12-8-16(20)9-13(2)17(12)11-14-5-6-18-15(10-14)4-3-7-19-18;1-6-4-7(13)5-9(11)8(6)2-3-10(12)14/h5-6,8-10,19-20H,3-4,7,11H2,1-2H3;4-5,13H,2-3,11H2,1H3,(H2,12,14). The number of phenols is 2. The summed E-state index contributed by atoms with van der Waals surface area (Å²) < 4.78 is 0. The molecule has 0 saturated carbocycles. The molecule has 4 rings (SSSR count). The third kappa shape index (κ3) is 6.44. The SMILES string of the molecule is Cc1cc(O)cc(C)c1Cc1ccc2c(c1)CCCN2.Cc1cc(O)cc(N)c1CCC(N)=O. The predicted octanol–water partition coefficient (Wildman–Crippen LogP) is 4.66. The molecule has 0 aromatic heterocycles. The van der Waals surface area contributed by atoms with Gasteiger partial charge in [0.1, 0.15) is 11.5 Å². The summed E-state index contributed by atoms with van der Waals surface area (Å²) >= 11 is 0. The van der Waals surface area contributed by atoms with Crippen LogP contribution in [-0.2, 0) is 24.1 Å². The number of hydrogen-bond donors (Lipinski definition) is 5. The van der Waals surface area contributed by atoms with Crippen LogP contribution in [0.2, 0.25) is 0 Å². The molecule has 7 N–H and O–H groups in total. The van der Waals surface area contributed by atoms with Gasteiger partial charge in [0.2, 0.25) is 5.91 Å². The van der Waals surface area contributed by atoms with E-state index in [4.69, 9.17) is 11.5 Å². The van der Waals surface area contributed by atoms with Gasteiger partial charge in [0, 0.05) is 30.4 Å². The molecule has 1 aliphatic rings. The zero-order chi connectivity index (χ0) is 24.8. The van der Waals surface area contributed by atoms with E-state index in [1.54, 1.807) is 6.07 Å². The minimum Gasteiger partial charge on any atom is -0.508 e. The van der Waals surface area contributed by atoms with Crippen LogP contribution < -0.4 is 16.8 Å². The van der Waals surface area contributed by atoms with Crippen LogP contribution in [0.15, 0.2) is 42.5 Å². The third-order valence-corrected chi connectivity index (χ3v) is 6.28. The second kappa shape index (κ2) is 11.0. The largest absolute Gasteiger partial charge is 0.508 e. The maximum atomic E-state index is 10.6. The van der Waals surface area contributed by atoms with Crippen molar-refractivity contribution < 1.29 is 15.0 Å². The van der Waals surface area contributed by atoms with Gasteiger partial charge in [-0.1, -0.05) is 12.1 Å². The topological polar surface area (TPSA) is 122 Å². The molecule has 0 atom stereocenters. The average molecular weight is 462 g/mol. The van der Waals surface area contributed by atoms with Crippen molar-refractivity contribution in [1.82, 2.24) is 0 Å². The van der Waals surface area contributed by atoms with Crippen molar-refractivity contribution in [2.24, 2.45) is 5.73 Å². The second-order valence-electron chi connectivity index (χ2n) is 9.05. The van der Waals surface area contributed by atoms with Crippen LogP contribution in [0.1, 0.15) is 51.8 Å². The van der Waals surface area contributed by atoms with Crippen molar-refractivity contribution in [2.75, 3.05) is 17.6 Å². The molecule has 0 fully saturated rings. The molecule has 3 aromatic rings. The Kier molecular flexibility index (Phi) is 8.05. The van der Waals surface area contributed by atoms with Crippen LogP contribution in [0.5, 0.6) is 11.5 Å². The predicted molar refractivity (Wildman–Crippen MR) is 138 cm³/mol. The molecule has 1 heterocycles. The Morgan fingerprint density at radius 1 is 0.941 bits per heavy atom. The average Bonchev–Trinajstić information content (AvgIpc) is 2.75. The van der Waals surface area contributed by atoms with E-state index < -0.39 is 0 Å². The van der Waals surface area contributed by atoms with Gasteiger partial charge in [0.05, 0.1) is 0 Å². The highest BCUT2D eigenvalue weighted by Crippen LogP contribution is 2.27. The number of rotatable bonds is 5. The first-order chi connectivity index (χ1) is 16.1. The van der Waals surface area contributed by atoms with E-state index in [9.17, 15) is 15.0 Å². The van der Waals surface area contributed by atoms with Crippen LogP contribution in [0.25, 0.3) is 0 Å². The molecule has 0 bridgehead atoms. The quantitative estimate of drug-likeness (QED) is 0.354. The first-order valence-electron chi connectivity index (χ1n) is 11.6. The summed E-state index contributed by atoms with van der Waals surface area (Å²) in [6.07, 6.45) is 4.12. The number of fused-ring (bicyclic) bond motifs is 1. The van der Waals surface area contributed by atoms with Crippen molar-refractivity contribution >= 4 is 17.3 Å². The highest BCUT2D eigenvalue weighted by Gasteiger charge is 2.11. The molecule has 3 aromatic carbocycles. The summed E-state index contributed by atoms with van der Waals surface area (Å²) in [5, 5.41) is 22.3. The van der Waals surface area contributed by atoms with Crippen LogP contribution in [0, 0.1) is 20.8 Å². The van der Waals surface area contributed by atoms with E-state index in [1.165, 1.54) is 52.4 Å². The molecule has 6 nitrogen and oxygen atoms in total. The first kappa shape index (κ1) is 25.0. The molecule has 1 aliphatic heterocycles. The van der Waals surface area contributed by atoms with Crippen molar-refractivity contribution in [3.05, 3.63) is 81.4 Å². The zero-order valence-corrected chi connectivity index (χ0v) is 20.2. The van der Waals surface area contributed by atoms with Crippen LogP contribution >= 0.6 is 0 Å². The van der Waals surface area contributed by atoms with Crippen molar-refractivity contribution in [3.8, 4) is 11.5 Å². The van der Waals surface area contributed by atoms with Gasteiger partial charge in [-0.3, -0.25) is 4.79 Å². The smallest absolute Gasteiger partial charge is 0.217 e. The monoisotopic (exact) mass is 461 g/mol. The third-order valence-electron chi connectivity index (χ3n) is 6.28. The van der Waals surface area contributed by atoms with Gasteiger partial charge in [0.25, 0.3) is 0 Å². The van der Waals surface area contributed by atoms with Gasteiger partial charge >= 0.3 is 0 Å². The Labute approximate surface area is 201 Å². The molecular weight excluding hydrogens is 426 g/mol. The molecule has 0 spiro atoms. The summed E-state index contributed by atoms with van der Waals surface area (Å²) in [6, 6.07) is 13.5. The fourth-order valence-electron chi connectivity index (χ4n) is 4.51. The number of phenolic OH excluding ortho intramolecular Hbond substituents is 2. The highest BCUT2D eigenvalue weighted by atomic mass is 16.3. The number of aromatic hydroxyl groups is 2. The van der Waals surface area contributed by atoms with Gasteiger partial charge in [-0.15, -0.1) is 0 Å². The lowest BCUT2D eigenvalue weighted by atomic mass is 9.93.